The Morgan fingerprint density at radius 3 is 2.09 bits per heavy atom. The van der Waals surface area contributed by atoms with Crippen LogP contribution in [0.3, 0.4) is 0 Å². The second-order valence-corrected chi connectivity index (χ2v) is 9.04. The summed E-state index contributed by atoms with van der Waals surface area (Å²) in [5, 5.41) is 21.3. The standard InChI is InChI=1S/C28H32FNO4/c29-24-8-6-22(7-9-24)18-28(32)14-16-30(17-15-28)19-25(31)21-34-27-12-10-26(11-13-27)33-20-23-4-2-1-3-5-23/h1-13,25,31-32H,14-21H2. The van der Waals surface area contributed by atoms with E-state index in [1.807, 2.05) is 54.6 Å². The highest BCUT2D eigenvalue weighted by Crippen LogP contribution is 2.27. The Bertz CT molecular complexity index is 1000. The van der Waals surface area contributed by atoms with E-state index in [4.69, 9.17) is 9.47 Å². The quantitative estimate of drug-likeness (QED) is 0.470. The fraction of sp³-hybridized carbons (Fsp3) is 0.357. The third kappa shape index (κ3) is 7.29. The number of nitrogens with zero attached hydrogens (tertiary/aromatic N) is 1. The van der Waals surface area contributed by atoms with Crippen molar-refractivity contribution in [2.24, 2.45) is 0 Å². The minimum atomic E-state index is -0.792. The first-order valence-corrected chi connectivity index (χ1v) is 11.7. The number of aliphatic hydroxyl groups excluding tert-OH is 1. The van der Waals surface area contributed by atoms with Crippen LogP contribution in [0, 0.1) is 5.82 Å². The number of aliphatic hydroxyl groups is 2. The molecule has 5 nitrogen and oxygen atoms in total. The smallest absolute Gasteiger partial charge is 0.123 e. The van der Waals surface area contributed by atoms with Crippen LogP contribution in [0.2, 0.25) is 0 Å². The molecule has 0 aliphatic carbocycles. The monoisotopic (exact) mass is 465 g/mol. The molecule has 2 N–H and O–H groups in total. The number of ether oxygens (including phenoxy) is 2. The second kappa shape index (κ2) is 11.5. The third-order valence-corrected chi connectivity index (χ3v) is 6.22. The van der Waals surface area contributed by atoms with Gasteiger partial charge in [-0.15, -0.1) is 0 Å². The van der Waals surface area contributed by atoms with Gasteiger partial charge in [-0.3, -0.25) is 0 Å². The number of rotatable bonds is 10. The summed E-state index contributed by atoms with van der Waals surface area (Å²) in [6, 6.07) is 23.7. The fourth-order valence-corrected chi connectivity index (χ4v) is 4.23. The van der Waals surface area contributed by atoms with Crippen molar-refractivity contribution in [2.45, 2.75) is 37.6 Å². The summed E-state index contributed by atoms with van der Waals surface area (Å²) in [6.45, 7) is 2.59. The van der Waals surface area contributed by atoms with Crippen LogP contribution in [0.15, 0.2) is 78.9 Å². The van der Waals surface area contributed by atoms with Crippen molar-refractivity contribution in [3.8, 4) is 11.5 Å². The lowest BCUT2D eigenvalue weighted by atomic mass is 9.85. The van der Waals surface area contributed by atoms with Crippen LogP contribution >= 0.6 is 0 Å². The van der Waals surface area contributed by atoms with Crippen LogP contribution in [0.5, 0.6) is 11.5 Å². The Morgan fingerprint density at radius 2 is 1.44 bits per heavy atom. The lowest BCUT2D eigenvalue weighted by Gasteiger charge is -2.39. The number of likely N-dealkylation sites (tertiary alicyclic amines) is 1. The first kappa shape index (κ1) is 24.2. The van der Waals surface area contributed by atoms with Crippen LogP contribution in [-0.4, -0.2) is 53.1 Å². The molecule has 6 heteroatoms. The van der Waals surface area contributed by atoms with E-state index in [0.29, 0.717) is 51.3 Å². The molecule has 34 heavy (non-hydrogen) atoms. The predicted molar refractivity (Wildman–Crippen MR) is 129 cm³/mol. The van der Waals surface area contributed by atoms with Crippen LogP contribution in [-0.2, 0) is 13.0 Å². The van der Waals surface area contributed by atoms with Gasteiger partial charge in [0, 0.05) is 26.1 Å². The molecule has 0 saturated carbocycles. The van der Waals surface area contributed by atoms with Gasteiger partial charge in [0.2, 0.25) is 0 Å². The zero-order valence-corrected chi connectivity index (χ0v) is 19.3. The molecule has 1 heterocycles. The normalized spacial score (nSPS) is 16.7. The lowest BCUT2D eigenvalue weighted by molar-refractivity contribution is -0.0325. The molecule has 1 unspecified atom stereocenters. The molecular formula is C28H32FNO4. The SMILES string of the molecule is OC(COc1ccc(OCc2ccccc2)cc1)CN1CCC(O)(Cc2ccc(F)cc2)CC1. The highest BCUT2D eigenvalue weighted by molar-refractivity contribution is 5.31. The molecule has 1 aliphatic heterocycles. The van der Waals surface area contributed by atoms with Crippen LogP contribution in [0.4, 0.5) is 4.39 Å². The van der Waals surface area contributed by atoms with Gasteiger partial charge in [-0.05, 0) is 60.4 Å². The van der Waals surface area contributed by atoms with Crippen molar-refractivity contribution in [1.82, 2.24) is 4.90 Å². The first-order chi connectivity index (χ1) is 16.5. The van der Waals surface area contributed by atoms with E-state index < -0.39 is 11.7 Å². The number of hydrogen-bond acceptors (Lipinski definition) is 5. The maximum absolute atomic E-state index is 13.1. The van der Waals surface area contributed by atoms with E-state index in [0.717, 1.165) is 16.9 Å². The minimum Gasteiger partial charge on any atom is -0.491 e. The van der Waals surface area contributed by atoms with Gasteiger partial charge < -0.3 is 24.6 Å². The van der Waals surface area contributed by atoms with Crippen LogP contribution in [0.1, 0.15) is 24.0 Å². The van der Waals surface area contributed by atoms with Crippen molar-refractivity contribution in [3.05, 3.63) is 95.8 Å². The number of hydrogen-bond donors (Lipinski definition) is 2. The van der Waals surface area contributed by atoms with Crippen molar-refractivity contribution in [1.29, 1.82) is 0 Å². The van der Waals surface area contributed by atoms with Gasteiger partial charge in [-0.2, -0.15) is 0 Å². The van der Waals surface area contributed by atoms with Gasteiger partial charge in [-0.25, -0.2) is 4.39 Å². The number of piperidine rings is 1. The summed E-state index contributed by atoms with van der Waals surface area (Å²) >= 11 is 0. The molecule has 3 aromatic rings. The Balaban J connectivity index is 1.16. The van der Waals surface area contributed by atoms with Gasteiger partial charge in [0.05, 0.1) is 5.60 Å². The fourth-order valence-electron chi connectivity index (χ4n) is 4.23. The van der Waals surface area contributed by atoms with E-state index in [1.54, 1.807) is 12.1 Å². The molecule has 0 bridgehead atoms. The van der Waals surface area contributed by atoms with E-state index in [2.05, 4.69) is 4.90 Å². The molecule has 0 radical (unpaired) electrons. The van der Waals surface area contributed by atoms with Crippen molar-refractivity contribution < 1.29 is 24.1 Å². The Morgan fingerprint density at radius 1 is 0.824 bits per heavy atom. The molecule has 1 aliphatic rings. The van der Waals surface area contributed by atoms with E-state index in [-0.39, 0.29) is 12.4 Å². The molecule has 3 aromatic carbocycles. The topological polar surface area (TPSA) is 62.2 Å². The molecule has 4 rings (SSSR count). The summed E-state index contributed by atoms with van der Waals surface area (Å²) in [4.78, 5) is 2.15. The average molecular weight is 466 g/mol. The van der Waals surface area contributed by atoms with Crippen molar-refractivity contribution in [2.75, 3.05) is 26.2 Å². The number of β-amino-alcohol motifs (C(OH)–C–C–N with tert-alkyl or cyclic N) is 1. The molecule has 0 aromatic heterocycles. The largest absolute Gasteiger partial charge is 0.491 e. The molecule has 0 spiro atoms. The Kier molecular flexibility index (Phi) is 8.16. The summed E-state index contributed by atoms with van der Waals surface area (Å²) in [5.41, 5.74) is 1.25. The second-order valence-electron chi connectivity index (χ2n) is 9.04. The molecular weight excluding hydrogens is 433 g/mol. The van der Waals surface area contributed by atoms with Crippen LogP contribution < -0.4 is 9.47 Å². The molecule has 0 amide bonds. The number of halogens is 1. The summed E-state index contributed by atoms with van der Waals surface area (Å²) in [6.07, 6.45) is 1.11. The van der Waals surface area contributed by atoms with Crippen molar-refractivity contribution in [3.63, 3.8) is 0 Å². The van der Waals surface area contributed by atoms with Gasteiger partial charge in [0.15, 0.2) is 0 Å². The van der Waals surface area contributed by atoms with E-state index in [1.165, 1.54) is 12.1 Å². The zero-order chi connectivity index (χ0) is 23.8. The van der Waals surface area contributed by atoms with E-state index in [9.17, 15) is 14.6 Å². The third-order valence-electron chi connectivity index (χ3n) is 6.22. The predicted octanol–water partition coefficient (Wildman–Crippen LogP) is 4.21. The first-order valence-electron chi connectivity index (χ1n) is 11.7. The van der Waals surface area contributed by atoms with Crippen LogP contribution in [0.25, 0.3) is 0 Å². The average Bonchev–Trinajstić information content (AvgIpc) is 2.86. The minimum absolute atomic E-state index is 0.195. The van der Waals surface area contributed by atoms with Gasteiger partial charge in [0.25, 0.3) is 0 Å². The molecule has 1 fully saturated rings. The highest BCUT2D eigenvalue weighted by Gasteiger charge is 2.33. The van der Waals surface area contributed by atoms with Gasteiger partial charge in [0.1, 0.15) is 36.6 Å². The Hall–Kier alpha value is -2.93. The maximum atomic E-state index is 13.1. The highest BCUT2D eigenvalue weighted by atomic mass is 19.1. The molecule has 180 valence electrons. The zero-order valence-electron chi connectivity index (χ0n) is 19.3. The van der Waals surface area contributed by atoms with Gasteiger partial charge in [-0.1, -0.05) is 42.5 Å². The lowest BCUT2D eigenvalue weighted by Crippen LogP contribution is -2.48. The van der Waals surface area contributed by atoms with E-state index >= 15 is 0 Å². The molecule has 1 saturated heterocycles. The van der Waals surface area contributed by atoms with Crippen molar-refractivity contribution >= 4 is 0 Å². The summed E-state index contributed by atoms with van der Waals surface area (Å²) in [5.74, 6) is 1.17. The summed E-state index contributed by atoms with van der Waals surface area (Å²) < 4.78 is 24.6. The molecule has 1 atom stereocenters. The van der Waals surface area contributed by atoms with Gasteiger partial charge >= 0.3 is 0 Å². The Labute approximate surface area is 200 Å². The number of benzene rings is 3. The maximum Gasteiger partial charge on any atom is 0.123 e. The summed E-state index contributed by atoms with van der Waals surface area (Å²) in [7, 11) is 0.